The fourth-order valence-electron chi connectivity index (χ4n) is 2.05. The van der Waals surface area contributed by atoms with E-state index >= 15 is 0 Å². The smallest absolute Gasteiger partial charge is 0.166 e. The monoisotopic (exact) mass is 277 g/mol. The van der Waals surface area contributed by atoms with E-state index in [1.54, 1.807) is 0 Å². The highest BCUT2D eigenvalue weighted by Gasteiger charge is 2.04. The summed E-state index contributed by atoms with van der Waals surface area (Å²) in [5.41, 5.74) is 2.19. The lowest BCUT2D eigenvalue weighted by atomic mass is 10.2. The highest BCUT2D eigenvalue weighted by atomic mass is 32.2. The molecule has 0 aliphatic rings. The lowest BCUT2D eigenvalue weighted by Crippen LogP contribution is -2.26. The van der Waals surface area contributed by atoms with Crippen LogP contribution in [-0.2, 0) is 0 Å². The van der Waals surface area contributed by atoms with Crippen molar-refractivity contribution in [3.8, 4) is 0 Å². The first-order valence-electron chi connectivity index (χ1n) is 7.10. The van der Waals surface area contributed by atoms with Crippen LogP contribution in [0.15, 0.2) is 29.4 Å². The van der Waals surface area contributed by atoms with E-state index in [0.717, 1.165) is 28.5 Å². The van der Waals surface area contributed by atoms with E-state index in [1.807, 2.05) is 30.0 Å². The molecule has 1 atom stereocenters. The lowest BCUT2D eigenvalue weighted by molar-refractivity contribution is 0.510. The molecular weight excluding hydrogens is 254 g/mol. The molecular formula is C15H23N3S. The lowest BCUT2D eigenvalue weighted by Gasteiger charge is -2.12. The summed E-state index contributed by atoms with van der Waals surface area (Å²) in [6.07, 6.45) is 3.66. The molecule has 1 unspecified atom stereocenters. The van der Waals surface area contributed by atoms with Gasteiger partial charge in [-0.3, -0.25) is 0 Å². The molecule has 0 fully saturated rings. The third kappa shape index (κ3) is 4.55. The Balaban J connectivity index is 1.70. The Kier molecular flexibility index (Phi) is 5.73. The van der Waals surface area contributed by atoms with Crippen molar-refractivity contribution in [2.45, 2.75) is 44.3 Å². The molecule has 1 aromatic carbocycles. The van der Waals surface area contributed by atoms with Gasteiger partial charge in [0.25, 0.3) is 0 Å². The number of benzene rings is 1. The normalized spacial score (nSPS) is 12.9. The fourth-order valence-corrected chi connectivity index (χ4v) is 2.90. The molecule has 1 aromatic heterocycles. The number of aromatic amines is 1. The number of imidazole rings is 1. The summed E-state index contributed by atoms with van der Waals surface area (Å²) < 4.78 is 0. The van der Waals surface area contributed by atoms with E-state index in [1.165, 1.54) is 19.3 Å². The number of para-hydroxylation sites is 2. The molecule has 0 saturated carbocycles. The molecule has 2 aromatic rings. The molecule has 19 heavy (non-hydrogen) atoms. The van der Waals surface area contributed by atoms with Gasteiger partial charge in [0, 0.05) is 11.8 Å². The van der Waals surface area contributed by atoms with Crippen molar-refractivity contribution in [3.63, 3.8) is 0 Å². The summed E-state index contributed by atoms with van der Waals surface area (Å²) in [5, 5.41) is 4.56. The molecule has 1 heterocycles. The molecule has 0 aliphatic carbocycles. The van der Waals surface area contributed by atoms with Gasteiger partial charge >= 0.3 is 0 Å². The van der Waals surface area contributed by atoms with E-state index in [4.69, 9.17) is 0 Å². The van der Waals surface area contributed by atoms with Crippen molar-refractivity contribution in [2.24, 2.45) is 0 Å². The van der Waals surface area contributed by atoms with E-state index < -0.39 is 0 Å². The molecule has 0 amide bonds. The van der Waals surface area contributed by atoms with Gasteiger partial charge in [-0.2, -0.15) is 0 Å². The molecule has 0 radical (unpaired) electrons. The average Bonchev–Trinajstić information content (AvgIpc) is 2.84. The zero-order valence-electron chi connectivity index (χ0n) is 11.8. The zero-order chi connectivity index (χ0) is 13.5. The van der Waals surface area contributed by atoms with Crippen LogP contribution < -0.4 is 5.32 Å². The Hall–Kier alpha value is -1.00. The Morgan fingerprint density at radius 1 is 1.37 bits per heavy atom. The van der Waals surface area contributed by atoms with Gasteiger partial charge in [-0.1, -0.05) is 30.8 Å². The first kappa shape index (κ1) is 14.4. The Morgan fingerprint density at radius 3 is 3.00 bits per heavy atom. The van der Waals surface area contributed by atoms with Gasteiger partial charge < -0.3 is 10.3 Å². The van der Waals surface area contributed by atoms with Crippen LogP contribution >= 0.6 is 11.8 Å². The molecule has 3 nitrogen and oxygen atoms in total. The number of H-pyrrole nitrogens is 1. The van der Waals surface area contributed by atoms with Crippen molar-refractivity contribution in [2.75, 3.05) is 12.3 Å². The van der Waals surface area contributed by atoms with Crippen LogP contribution in [0.3, 0.4) is 0 Å². The summed E-state index contributed by atoms with van der Waals surface area (Å²) >= 11 is 1.82. The topological polar surface area (TPSA) is 40.7 Å². The summed E-state index contributed by atoms with van der Waals surface area (Å²) in [5.74, 6) is 1.12. The van der Waals surface area contributed by atoms with Crippen molar-refractivity contribution in [1.82, 2.24) is 15.3 Å². The summed E-state index contributed by atoms with van der Waals surface area (Å²) in [4.78, 5) is 7.92. The van der Waals surface area contributed by atoms with Crippen LogP contribution in [-0.4, -0.2) is 28.3 Å². The molecule has 104 valence electrons. The molecule has 0 bridgehead atoms. The first-order valence-corrected chi connectivity index (χ1v) is 8.09. The number of fused-ring (bicyclic) bond motifs is 1. The minimum atomic E-state index is 0.622. The third-order valence-corrected chi connectivity index (χ3v) is 4.09. The maximum Gasteiger partial charge on any atom is 0.166 e. The van der Waals surface area contributed by atoms with Crippen molar-refractivity contribution in [1.29, 1.82) is 0 Å². The molecule has 0 saturated heterocycles. The molecule has 2 N–H and O–H groups in total. The van der Waals surface area contributed by atoms with Gasteiger partial charge in [0.2, 0.25) is 0 Å². The maximum absolute atomic E-state index is 4.57. The molecule has 2 rings (SSSR count). The number of aromatic nitrogens is 2. The quantitative estimate of drug-likeness (QED) is 0.569. The van der Waals surface area contributed by atoms with E-state index in [0.29, 0.717) is 6.04 Å². The second-order valence-electron chi connectivity index (χ2n) is 4.90. The number of thioether (sulfide) groups is 1. The largest absolute Gasteiger partial charge is 0.333 e. The Bertz CT molecular complexity index is 462. The van der Waals surface area contributed by atoms with E-state index in [-0.39, 0.29) is 0 Å². The SMILES string of the molecule is CCCNC(C)CCCSc1nc2ccccc2[nH]1. The van der Waals surface area contributed by atoms with Crippen molar-refractivity contribution in [3.05, 3.63) is 24.3 Å². The molecule has 0 spiro atoms. The Labute approximate surface area is 119 Å². The minimum Gasteiger partial charge on any atom is -0.333 e. The van der Waals surface area contributed by atoms with E-state index in [2.05, 4.69) is 35.2 Å². The van der Waals surface area contributed by atoms with Crippen LogP contribution in [0.1, 0.15) is 33.1 Å². The standard InChI is InChI=1S/C15H23N3S/c1-3-10-16-12(2)7-6-11-19-15-17-13-8-4-5-9-14(13)18-15/h4-5,8-9,12,16H,3,6-7,10-11H2,1-2H3,(H,17,18). The van der Waals surface area contributed by atoms with Crippen LogP contribution in [0.5, 0.6) is 0 Å². The third-order valence-electron chi connectivity index (χ3n) is 3.13. The van der Waals surface area contributed by atoms with Gasteiger partial charge in [-0.25, -0.2) is 4.98 Å². The number of hydrogen-bond donors (Lipinski definition) is 2. The van der Waals surface area contributed by atoms with Crippen molar-refractivity contribution >= 4 is 22.8 Å². The van der Waals surface area contributed by atoms with Gasteiger partial charge in [0.15, 0.2) is 5.16 Å². The zero-order valence-corrected chi connectivity index (χ0v) is 12.6. The second kappa shape index (κ2) is 7.56. The van der Waals surface area contributed by atoms with Crippen LogP contribution in [0.25, 0.3) is 11.0 Å². The molecule has 0 aliphatic heterocycles. The van der Waals surface area contributed by atoms with Gasteiger partial charge in [-0.15, -0.1) is 0 Å². The highest BCUT2D eigenvalue weighted by Crippen LogP contribution is 2.20. The van der Waals surface area contributed by atoms with Gasteiger partial charge in [0.05, 0.1) is 11.0 Å². The van der Waals surface area contributed by atoms with Gasteiger partial charge in [-0.05, 0) is 44.9 Å². The number of nitrogens with one attached hydrogen (secondary N) is 2. The minimum absolute atomic E-state index is 0.622. The summed E-state index contributed by atoms with van der Waals surface area (Å²) in [6, 6.07) is 8.81. The fraction of sp³-hybridized carbons (Fsp3) is 0.533. The Morgan fingerprint density at radius 2 is 2.21 bits per heavy atom. The summed E-state index contributed by atoms with van der Waals surface area (Å²) in [7, 11) is 0. The molecule has 4 heteroatoms. The average molecular weight is 277 g/mol. The maximum atomic E-state index is 4.57. The summed E-state index contributed by atoms with van der Waals surface area (Å²) in [6.45, 7) is 5.59. The van der Waals surface area contributed by atoms with Crippen LogP contribution in [0, 0.1) is 0 Å². The number of nitrogens with zero attached hydrogens (tertiary/aromatic N) is 1. The van der Waals surface area contributed by atoms with Crippen LogP contribution in [0.4, 0.5) is 0 Å². The predicted molar refractivity (Wildman–Crippen MR) is 83.8 cm³/mol. The van der Waals surface area contributed by atoms with Crippen LogP contribution in [0.2, 0.25) is 0 Å². The first-order chi connectivity index (χ1) is 9.29. The van der Waals surface area contributed by atoms with Gasteiger partial charge in [0.1, 0.15) is 0 Å². The highest BCUT2D eigenvalue weighted by molar-refractivity contribution is 7.99. The van der Waals surface area contributed by atoms with Crippen molar-refractivity contribution < 1.29 is 0 Å². The number of rotatable bonds is 8. The number of hydrogen-bond acceptors (Lipinski definition) is 3. The second-order valence-corrected chi connectivity index (χ2v) is 5.99. The predicted octanol–water partition coefficient (Wildman–Crippen LogP) is 3.82. The van der Waals surface area contributed by atoms with E-state index in [9.17, 15) is 0 Å².